The molecular formula is C11H20N2O. The largest absolute Gasteiger partial charge is 0.359 e. The molecule has 80 valence electrons. The molecule has 2 N–H and O–H groups in total. The van der Waals surface area contributed by atoms with Crippen LogP contribution in [0.5, 0.6) is 0 Å². The van der Waals surface area contributed by atoms with Crippen molar-refractivity contribution in [1.82, 2.24) is 5.16 Å². The molecule has 0 saturated carbocycles. The predicted octanol–water partition coefficient (Wildman–Crippen LogP) is 2.99. The molecule has 3 heteroatoms. The Morgan fingerprint density at radius 2 is 1.93 bits per heavy atom. The first-order valence-corrected chi connectivity index (χ1v) is 5.44. The molecule has 3 nitrogen and oxygen atoms in total. The molecule has 0 aliphatic carbocycles. The van der Waals surface area contributed by atoms with E-state index in [9.17, 15) is 0 Å². The summed E-state index contributed by atoms with van der Waals surface area (Å²) in [5.41, 5.74) is 6.91. The van der Waals surface area contributed by atoms with Crippen LogP contribution >= 0.6 is 0 Å². The highest BCUT2D eigenvalue weighted by molar-refractivity contribution is 5.12. The Morgan fingerprint density at radius 1 is 1.29 bits per heavy atom. The highest BCUT2D eigenvalue weighted by Crippen LogP contribution is 2.24. The van der Waals surface area contributed by atoms with Gasteiger partial charge in [-0.3, -0.25) is 0 Å². The Morgan fingerprint density at radius 3 is 2.43 bits per heavy atom. The van der Waals surface area contributed by atoms with Crippen molar-refractivity contribution in [1.29, 1.82) is 0 Å². The van der Waals surface area contributed by atoms with Gasteiger partial charge in [0.25, 0.3) is 0 Å². The van der Waals surface area contributed by atoms with Crippen molar-refractivity contribution in [2.45, 2.75) is 52.0 Å². The average Bonchev–Trinajstić information content (AvgIpc) is 2.68. The molecule has 1 unspecified atom stereocenters. The summed E-state index contributed by atoms with van der Waals surface area (Å²) in [4.78, 5) is 0. The molecule has 1 aromatic rings. The molecule has 0 radical (unpaired) electrons. The number of nitrogens with zero attached hydrogens (tertiary/aromatic N) is 1. The van der Waals surface area contributed by atoms with E-state index in [4.69, 9.17) is 10.3 Å². The molecule has 0 aromatic carbocycles. The maximum Gasteiger partial charge on any atom is 0.153 e. The lowest BCUT2D eigenvalue weighted by atomic mass is 9.99. The Hall–Kier alpha value is -0.830. The average molecular weight is 196 g/mol. The first-order valence-electron chi connectivity index (χ1n) is 5.44. The summed E-state index contributed by atoms with van der Waals surface area (Å²) < 4.78 is 5.23. The number of rotatable bonds is 5. The molecule has 0 saturated heterocycles. The fraction of sp³-hybridized carbons (Fsp3) is 0.727. The third kappa shape index (κ3) is 2.35. The summed E-state index contributed by atoms with van der Waals surface area (Å²) in [5.74, 6) is 1.32. The second-order valence-corrected chi connectivity index (χ2v) is 3.68. The maximum atomic E-state index is 5.86. The van der Waals surface area contributed by atoms with Crippen LogP contribution in [0.2, 0.25) is 0 Å². The summed E-state index contributed by atoms with van der Waals surface area (Å²) >= 11 is 0. The predicted molar refractivity (Wildman–Crippen MR) is 57.0 cm³/mol. The van der Waals surface area contributed by atoms with E-state index in [1.165, 1.54) is 0 Å². The van der Waals surface area contributed by atoms with Gasteiger partial charge in [0.15, 0.2) is 5.76 Å². The highest BCUT2D eigenvalue weighted by atomic mass is 16.5. The van der Waals surface area contributed by atoms with E-state index in [-0.39, 0.29) is 6.04 Å². The Balaban J connectivity index is 2.76. The smallest absolute Gasteiger partial charge is 0.153 e. The summed E-state index contributed by atoms with van der Waals surface area (Å²) in [6.07, 6.45) is 3.09. The van der Waals surface area contributed by atoms with Gasteiger partial charge in [-0.25, -0.2) is 0 Å². The fourth-order valence-electron chi connectivity index (χ4n) is 1.58. The first kappa shape index (κ1) is 11.2. The van der Waals surface area contributed by atoms with Crippen molar-refractivity contribution in [2.75, 3.05) is 0 Å². The zero-order valence-electron chi connectivity index (χ0n) is 9.29. The van der Waals surface area contributed by atoms with Crippen LogP contribution in [0.4, 0.5) is 0 Å². The van der Waals surface area contributed by atoms with Crippen molar-refractivity contribution < 1.29 is 4.52 Å². The normalized spacial score (nSPS) is 13.5. The van der Waals surface area contributed by atoms with Crippen molar-refractivity contribution in [3.63, 3.8) is 0 Å². The minimum absolute atomic E-state index is 0.00869. The van der Waals surface area contributed by atoms with Crippen LogP contribution in [0.1, 0.15) is 63.4 Å². The van der Waals surface area contributed by atoms with Gasteiger partial charge in [0.05, 0.1) is 11.7 Å². The van der Waals surface area contributed by atoms with E-state index in [0.717, 1.165) is 30.7 Å². The van der Waals surface area contributed by atoms with Crippen molar-refractivity contribution >= 4 is 0 Å². The molecule has 1 atom stereocenters. The van der Waals surface area contributed by atoms with E-state index in [1.54, 1.807) is 0 Å². The van der Waals surface area contributed by atoms with Crippen LogP contribution < -0.4 is 5.73 Å². The quantitative estimate of drug-likeness (QED) is 0.787. The third-order valence-corrected chi connectivity index (χ3v) is 2.76. The van der Waals surface area contributed by atoms with Gasteiger partial charge in [0.1, 0.15) is 0 Å². The summed E-state index contributed by atoms with van der Waals surface area (Å²) in [7, 11) is 0. The lowest BCUT2D eigenvalue weighted by molar-refractivity contribution is 0.349. The fourth-order valence-corrected chi connectivity index (χ4v) is 1.58. The Kier molecular flexibility index (Phi) is 4.14. The van der Waals surface area contributed by atoms with Gasteiger partial charge in [0.2, 0.25) is 0 Å². The maximum absolute atomic E-state index is 5.86. The van der Waals surface area contributed by atoms with E-state index >= 15 is 0 Å². The zero-order chi connectivity index (χ0) is 10.6. The van der Waals surface area contributed by atoms with Gasteiger partial charge < -0.3 is 10.3 Å². The van der Waals surface area contributed by atoms with E-state index in [1.807, 2.05) is 13.0 Å². The lowest BCUT2D eigenvalue weighted by Crippen LogP contribution is -2.07. The molecule has 14 heavy (non-hydrogen) atoms. The van der Waals surface area contributed by atoms with Gasteiger partial charge in [-0.2, -0.15) is 0 Å². The van der Waals surface area contributed by atoms with Crippen LogP contribution in [-0.2, 0) is 0 Å². The summed E-state index contributed by atoms with van der Waals surface area (Å²) in [6, 6.07) is 2.00. The second-order valence-electron chi connectivity index (χ2n) is 3.68. The Labute approximate surface area is 85.7 Å². The molecule has 0 aliphatic heterocycles. The van der Waals surface area contributed by atoms with Gasteiger partial charge in [0, 0.05) is 12.0 Å². The van der Waals surface area contributed by atoms with Crippen molar-refractivity contribution in [3.05, 3.63) is 17.5 Å². The van der Waals surface area contributed by atoms with Crippen molar-refractivity contribution in [3.8, 4) is 0 Å². The molecule has 0 bridgehead atoms. The monoisotopic (exact) mass is 196 g/mol. The number of aromatic nitrogens is 1. The van der Waals surface area contributed by atoms with Crippen molar-refractivity contribution in [2.24, 2.45) is 5.73 Å². The summed E-state index contributed by atoms with van der Waals surface area (Å²) in [5, 5.41) is 4.07. The van der Waals surface area contributed by atoms with Crippen LogP contribution in [-0.4, -0.2) is 5.16 Å². The molecule has 1 aromatic heterocycles. The van der Waals surface area contributed by atoms with Gasteiger partial charge >= 0.3 is 0 Å². The molecule has 0 spiro atoms. The van der Waals surface area contributed by atoms with E-state index in [0.29, 0.717) is 5.92 Å². The van der Waals surface area contributed by atoms with Gasteiger partial charge in [-0.05, 0) is 19.3 Å². The highest BCUT2D eigenvalue weighted by Gasteiger charge is 2.15. The summed E-state index contributed by atoms with van der Waals surface area (Å²) in [6.45, 7) is 6.38. The number of hydrogen-bond donors (Lipinski definition) is 1. The third-order valence-electron chi connectivity index (χ3n) is 2.76. The molecule has 0 amide bonds. The van der Waals surface area contributed by atoms with Crippen LogP contribution in [0.3, 0.4) is 0 Å². The first-order chi connectivity index (χ1) is 6.72. The lowest BCUT2D eigenvalue weighted by Gasteiger charge is -2.06. The molecule has 0 fully saturated rings. The van der Waals surface area contributed by atoms with E-state index in [2.05, 4.69) is 19.0 Å². The number of nitrogens with two attached hydrogens (primary N) is 1. The Bertz CT molecular complexity index is 266. The minimum atomic E-state index is -0.00869. The molecule has 1 heterocycles. The van der Waals surface area contributed by atoms with Gasteiger partial charge in [-0.15, -0.1) is 0 Å². The second kappa shape index (κ2) is 5.15. The SMILES string of the molecule is CCC(N)c1cc(C(CC)CC)no1. The zero-order valence-corrected chi connectivity index (χ0v) is 9.29. The molecular weight excluding hydrogens is 176 g/mol. The topological polar surface area (TPSA) is 52.0 Å². The molecule has 1 rings (SSSR count). The standard InChI is InChI=1S/C11H20N2O/c1-4-8(5-2)10-7-11(14-13-10)9(12)6-3/h7-9H,4-6,12H2,1-3H3. The van der Waals surface area contributed by atoms with E-state index < -0.39 is 0 Å². The van der Waals surface area contributed by atoms with Crippen LogP contribution in [0, 0.1) is 0 Å². The minimum Gasteiger partial charge on any atom is -0.359 e. The van der Waals surface area contributed by atoms with Gasteiger partial charge in [-0.1, -0.05) is 25.9 Å². The molecule has 0 aliphatic rings. The van der Waals surface area contributed by atoms with Crippen LogP contribution in [0.25, 0.3) is 0 Å². The van der Waals surface area contributed by atoms with Crippen LogP contribution in [0.15, 0.2) is 10.6 Å². The number of hydrogen-bond acceptors (Lipinski definition) is 3.